The van der Waals surface area contributed by atoms with E-state index in [9.17, 15) is 4.79 Å². The summed E-state index contributed by atoms with van der Waals surface area (Å²) in [5, 5.41) is 9.04. The molecule has 130 valence electrons. The molecule has 0 aliphatic carbocycles. The lowest BCUT2D eigenvalue weighted by Gasteiger charge is -2.26. The minimum atomic E-state index is -0.353. The Bertz CT molecular complexity index is 762. The predicted molar refractivity (Wildman–Crippen MR) is 95.0 cm³/mol. The van der Waals surface area contributed by atoms with E-state index in [0.29, 0.717) is 24.7 Å². The first-order chi connectivity index (χ1) is 12.1. The number of benzene rings is 1. The van der Waals surface area contributed by atoms with E-state index < -0.39 is 0 Å². The molecule has 1 aromatic carbocycles. The minimum absolute atomic E-state index is 0.0382. The Morgan fingerprint density at radius 1 is 1.28 bits per heavy atom. The molecule has 0 spiro atoms. The van der Waals surface area contributed by atoms with Crippen LogP contribution in [0.4, 0.5) is 4.79 Å². The predicted octanol–water partition coefficient (Wildman–Crippen LogP) is 2.92. The fourth-order valence-corrected chi connectivity index (χ4v) is 2.75. The van der Waals surface area contributed by atoms with Crippen LogP contribution in [0.2, 0.25) is 0 Å². The van der Waals surface area contributed by atoms with Crippen LogP contribution >= 0.6 is 0 Å². The number of pyridine rings is 1. The van der Waals surface area contributed by atoms with Gasteiger partial charge in [0.05, 0.1) is 6.61 Å². The third kappa shape index (κ3) is 4.58. The molecule has 2 heterocycles. The van der Waals surface area contributed by atoms with Crippen LogP contribution in [0.3, 0.4) is 0 Å². The van der Waals surface area contributed by atoms with Crippen molar-refractivity contribution >= 4 is 12.1 Å². The van der Waals surface area contributed by atoms with Gasteiger partial charge in [-0.3, -0.25) is 0 Å². The number of hydrogen-bond donors (Lipinski definition) is 2. The molecule has 1 aromatic heterocycles. The molecule has 6 nitrogen and oxygen atoms in total. The van der Waals surface area contributed by atoms with Crippen LogP contribution in [0.5, 0.6) is 11.6 Å². The largest absolute Gasteiger partial charge is 0.439 e. The lowest BCUT2D eigenvalue weighted by Crippen LogP contribution is -2.39. The topological polar surface area (TPSA) is 88.7 Å². The summed E-state index contributed by atoms with van der Waals surface area (Å²) in [5.74, 6) is 1.19. The van der Waals surface area contributed by atoms with Crippen LogP contribution in [0.15, 0.2) is 48.2 Å². The lowest BCUT2D eigenvalue weighted by atomic mass is 10.0. The zero-order chi connectivity index (χ0) is 17.6. The summed E-state index contributed by atoms with van der Waals surface area (Å²) in [6.45, 7) is 1.29. The van der Waals surface area contributed by atoms with Crippen LogP contribution in [-0.4, -0.2) is 34.1 Å². The number of likely N-dealkylation sites (tertiary alicyclic amines) is 1. The van der Waals surface area contributed by atoms with Gasteiger partial charge in [0.15, 0.2) is 0 Å². The van der Waals surface area contributed by atoms with Crippen LogP contribution < -0.4 is 10.5 Å². The summed E-state index contributed by atoms with van der Waals surface area (Å²) in [6.07, 6.45) is 5.39. The number of piperidine rings is 1. The highest BCUT2D eigenvalue weighted by Crippen LogP contribution is 2.24. The Kier molecular flexibility index (Phi) is 5.30. The number of aromatic nitrogens is 1. The lowest BCUT2D eigenvalue weighted by molar-refractivity contribution is 0.203. The molecule has 25 heavy (non-hydrogen) atoms. The van der Waals surface area contributed by atoms with Gasteiger partial charge in [0.25, 0.3) is 0 Å². The van der Waals surface area contributed by atoms with Gasteiger partial charge in [0, 0.05) is 25.4 Å². The van der Waals surface area contributed by atoms with Crippen molar-refractivity contribution in [1.29, 1.82) is 0 Å². The number of carbonyl (C=O) groups is 1. The summed E-state index contributed by atoms with van der Waals surface area (Å²) in [6, 6.07) is 10.9. The maximum Gasteiger partial charge on any atom is 0.314 e. The second-order valence-corrected chi connectivity index (χ2v) is 5.97. The fraction of sp³-hybridized carbons (Fsp3) is 0.263. The van der Waals surface area contributed by atoms with Crippen LogP contribution in [-0.2, 0) is 6.61 Å². The summed E-state index contributed by atoms with van der Waals surface area (Å²) in [7, 11) is 0. The van der Waals surface area contributed by atoms with Gasteiger partial charge in [-0.25, -0.2) is 9.78 Å². The molecule has 6 heteroatoms. The number of hydrogen-bond acceptors (Lipinski definition) is 4. The molecule has 2 amide bonds. The molecule has 1 fully saturated rings. The Balaban J connectivity index is 1.67. The average Bonchev–Trinajstić information content (AvgIpc) is 2.63. The first kappa shape index (κ1) is 17.0. The second-order valence-electron chi connectivity index (χ2n) is 5.97. The number of ether oxygens (including phenoxy) is 1. The normalized spacial score (nSPS) is 14.3. The number of urea groups is 1. The van der Waals surface area contributed by atoms with E-state index in [1.54, 1.807) is 23.2 Å². The van der Waals surface area contributed by atoms with E-state index in [1.807, 2.05) is 24.3 Å². The number of primary amides is 1. The number of aliphatic hydroxyl groups is 1. The van der Waals surface area contributed by atoms with E-state index in [2.05, 4.69) is 11.1 Å². The smallest absolute Gasteiger partial charge is 0.314 e. The van der Waals surface area contributed by atoms with E-state index in [4.69, 9.17) is 15.6 Å². The van der Waals surface area contributed by atoms with Crippen LogP contribution in [0.1, 0.15) is 24.0 Å². The van der Waals surface area contributed by atoms with Crippen molar-refractivity contribution in [3.8, 4) is 11.6 Å². The molecule has 0 saturated carbocycles. The zero-order valence-electron chi connectivity index (χ0n) is 13.9. The number of rotatable bonds is 4. The fourth-order valence-electron chi connectivity index (χ4n) is 2.75. The molecule has 1 aliphatic rings. The van der Waals surface area contributed by atoms with Crippen LogP contribution in [0, 0.1) is 0 Å². The Hall–Kier alpha value is -2.86. The molecule has 1 saturated heterocycles. The maximum atomic E-state index is 11.2. The van der Waals surface area contributed by atoms with Crippen molar-refractivity contribution in [3.05, 3.63) is 59.3 Å². The number of aliphatic hydroxyl groups excluding tert-OH is 1. The van der Waals surface area contributed by atoms with E-state index in [1.165, 1.54) is 5.57 Å². The molecule has 0 bridgehead atoms. The third-order valence-electron chi connectivity index (χ3n) is 4.15. The molecule has 3 rings (SSSR count). The van der Waals surface area contributed by atoms with Gasteiger partial charge in [0.2, 0.25) is 5.88 Å². The molecule has 1 aliphatic heterocycles. The summed E-state index contributed by atoms with van der Waals surface area (Å²) >= 11 is 0. The Morgan fingerprint density at radius 3 is 2.72 bits per heavy atom. The first-order valence-electron chi connectivity index (χ1n) is 8.21. The summed E-state index contributed by atoms with van der Waals surface area (Å²) < 4.78 is 5.76. The van der Waals surface area contributed by atoms with Crippen molar-refractivity contribution in [2.45, 2.75) is 19.4 Å². The first-order valence-corrected chi connectivity index (χ1v) is 8.21. The number of nitrogens with two attached hydrogens (primary N) is 1. The van der Waals surface area contributed by atoms with Crippen molar-refractivity contribution in [1.82, 2.24) is 9.88 Å². The van der Waals surface area contributed by atoms with Gasteiger partial charge in [-0.15, -0.1) is 0 Å². The van der Waals surface area contributed by atoms with Crippen LogP contribution in [0.25, 0.3) is 6.08 Å². The van der Waals surface area contributed by atoms with E-state index >= 15 is 0 Å². The minimum Gasteiger partial charge on any atom is -0.439 e. The highest BCUT2D eigenvalue weighted by atomic mass is 16.5. The zero-order valence-corrected chi connectivity index (χ0v) is 13.9. The van der Waals surface area contributed by atoms with Gasteiger partial charge in [-0.2, -0.15) is 0 Å². The Labute approximate surface area is 146 Å². The summed E-state index contributed by atoms with van der Waals surface area (Å²) in [5.41, 5.74) is 8.39. The second kappa shape index (κ2) is 7.81. The van der Waals surface area contributed by atoms with Gasteiger partial charge in [-0.1, -0.05) is 23.8 Å². The molecule has 0 radical (unpaired) electrons. The standard InChI is InChI=1S/C19H21N3O3/c20-19(24)22-8-6-14(7-9-22)10-15-2-1-3-17(11-15)25-18-5-4-16(13-23)12-21-18/h1-5,10-12,23H,6-9,13H2,(H2,20,24). The van der Waals surface area contributed by atoms with Gasteiger partial charge in [0.1, 0.15) is 5.75 Å². The number of carbonyl (C=O) groups excluding carboxylic acids is 1. The van der Waals surface area contributed by atoms with Crippen molar-refractivity contribution in [2.75, 3.05) is 13.1 Å². The quantitative estimate of drug-likeness (QED) is 0.896. The monoisotopic (exact) mass is 339 g/mol. The van der Waals surface area contributed by atoms with E-state index in [0.717, 1.165) is 24.0 Å². The van der Waals surface area contributed by atoms with Gasteiger partial charge in [-0.05, 0) is 42.2 Å². The molecule has 2 aromatic rings. The molecular weight excluding hydrogens is 318 g/mol. The van der Waals surface area contributed by atoms with Gasteiger partial charge < -0.3 is 20.5 Å². The number of amides is 2. The van der Waals surface area contributed by atoms with Crippen molar-refractivity contribution in [3.63, 3.8) is 0 Å². The number of nitrogens with zero attached hydrogens (tertiary/aromatic N) is 2. The Morgan fingerprint density at radius 2 is 2.08 bits per heavy atom. The summed E-state index contributed by atoms with van der Waals surface area (Å²) in [4.78, 5) is 17.0. The SMILES string of the molecule is NC(=O)N1CCC(=Cc2cccc(Oc3ccc(CO)cn3)c2)CC1. The maximum absolute atomic E-state index is 11.2. The van der Waals surface area contributed by atoms with Crippen molar-refractivity contribution in [2.24, 2.45) is 5.73 Å². The van der Waals surface area contributed by atoms with E-state index in [-0.39, 0.29) is 12.6 Å². The van der Waals surface area contributed by atoms with Gasteiger partial charge >= 0.3 is 6.03 Å². The average molecular weight is 339 g/mol. The molecule has 0 unspecified atom stereocenters. The molecule has 0 atom stereocenters. The highest BCUT2D eigenvalue weighted by Gasteiger charge is 2.16. The third-order valence-corrected chi connectivity index (χ3v) is 4.15. The molecular formula is C19H21N3O3. The van der Waals surface area contributed by atoms with Crippen molar-refractivity contribution < 1.29 is 14.6 Å². The highest BCUT2D eigenvalue weighted by molar-refractivity contribution is 5.72. The molecule has 3 N–H and O–H groups in total.